The Morgan fingerprint density at radius 1 is 0.531 bits per heavy atom. The second kappa shape index (κ2) is 16.0. The smallest absolute Gasteiger partial charge is 0.127 e. The number of allylic oxidation sites excluding steroid dienone is 1. The molecule has 0 atom stereocenters. The molecule has 0 aromatic heterocycles. The lowest BCUT2D eigenvalue weighted by Crippen LogP contribution is -1.81. The van der Waals surface area contributed by atoms with Crippen LogP contribution in [0.2, 0.25) is 0 Å². The van der Waals surface area contributed by atoms with Gasteiger partial charge in [-0.3, -0.25) is 0 Å². The van der Waals surface area contributed by atoms with Gasteiger partial charge >= 0.3 is 0 Å². The van der Waals surface area contributed by atoms with E-state index in [1.165, 1.54) is 19.3 Å². The molecule has 0 aliphatic carbocycles. The maximum atomic E-state index is 5.58. The Morgan fingerprint density at radius 3 is 1.00 bits per heavy atom. The van der Waals surface area contributed by atoms with Crippen LogP contribution in [0.1, 0.15) is 26.2 Å². The first-order chi connectivity index (χ1) is 15.8. The second-order valence-electron chi connectivity index (χ2n) is 6.89. The van der Waals surface area contributed by atoms with E-state index >= 15 is 0 Å². The van der Waals surface area contributed by atoms with Gasteiger partial charge < -0.3 is 9.47 Å². The molecule has 164 valence electrons. The third-order valence-electron chi connectivity index (χ3n) is 4.21. The summed E-state index contributed by atoms with van der Waals surface area (Å²) in [6.07, 6.45) is 5.72. The lowest BCUT2D eigenvalue weighted by molar-refractivity contribution is 0.482. The highest BCUT2D eigenvalue weighted by Gasteiger charge is 1.93. The largest absolute Gasteiger partial charge is 0.457 e. The van der Waals surface area contributed by atoms with Crippen LogP contribution in [-0.2, 0) is 0 Å². The van der Waals surface area contributed by atoms with Gasteiger partial charge in [-0.25, -0.2) is 0 Å². The van der Waals surface area contributed by atoms with E-state index in [2.05, 4.69) is 13.5 Å². The average molecular weight is 425 g/mol. The van der Waals surface area contributed by atoms with Gasteiger partial charge in [0.05, 0.1) is 0 Å². The van der Waals surface area contributed by atoms with Crippen molar-refractivity contribution in [2.45, 2.75) is 26.2 Å². The van der Waals surface area contributed by atoms with Gasteiger partial charge in [0.1, 0.15) is 23.0 Å². The van der Waals surface area contributed by atoms with Crippen molar-refractivity contribution in [2.24, 2.45) is 0 Å². The first-order valence-corrected chi connectivity index (χ1v) is 11.0. The molecular weight excluding hydrogens is 392 g/mol. The van der Waals surface area contributed by atoms with E-state index in [0.717, 1.165) is 23.0 Å². The van der Waals surface area contributed by atoms with E-state index in [1.54, 1.807) is 0 Å². The molecule has 4 rings (SSSR count). The summed E-state index contributed by atoms with van der Waals surface area (Å²) in [4.78, 5) is 0. The summed E-state index contributed by atoms with van der Waals surface area (Å²) in [5.41, 5.74) is 0. The number of ether oxygens (including phenoxy) is 2. The van der Waals surface area contributed by atoms with E-state index < -0.39 is 0 Å². The fraction of sp³-hybridized carbons (Fsp3) is 0.133. The standard InChI is InChI=1S/2C12H10O.C6H12/c2*1-3-7-11(8-4-1)13-12-9-5-2-6-10-12;1-3-5-6-4-2/h2*1-10H;3H,1,4-6H2,2H3. The van der Waals surface area contributed by atoms with Crippen LogP contribution < -0.4 is 9.47 Å². The number of hydrogen-bond acceptors (Lipinski definition) is 2. The van der Waals surface area contributed by atoms with Crippen molar-refractivity contribution in [2.75, 3.05) is 0 Å². The van der Waals surface area contributed by atoms with Crippen LogP contribution in [-0.4, -0.2) is 0 Å². The summed E-state index contributed by atoms with van der Waals surface area (Å²) < 4.78 is 11.2. The molecule has 0 amide bonds. The maximum Gasteiger partial charge on any atom is 0.127 e. The SMILES string of the molecule is C=CCCCC.c1ccc(Oc2ccccc2)cc1.c1ccc(Oc2ccccc2)cc1. The first kappa shape index (κ1) is 24.5. The minimum Gasteiger partial charge on any atom is -0.457 e. The predicted octanol–water partition coefficient (Wildman–Crippen LogP) is 9.32. The molecule has 2 nitrogen and oxygen atoms in total. The number of benzene rings is 4. The van der Waals surface area contributed by atoms with Crippen LogP contribution in [0.5, 0.6) is 23.0 Å². The van der Waals surface area contributed by atoms with E-state index in [0.29, 0.717) is 0 Å². The van der Waals surface area contributed by atoms with Crippen LogP contribution >= 0.6 is 0 Å². The minimum absolute atomic E-state index is 0.869. The monoisotopic (exact) mass is 424 g/mol. The molecule has 0 spiro atoms. The van der Waals surface area contributed by atoms with Gasteiger partial charge in [-0.05, 0) is 55.0 Å². The Balaban J connectivity index is 0.000000183. The molecule has 4 aromatic carbocycles. The minimum atomic E-state index is 0.869. The van der Waals surface area contributed by atoms with Gasteiger partial charge in [0.25, 0.3) is 0 Å². The van der Waals surface area contributed by atoms with E-state index in [-0.39, 0.29) is 0 Å². The van der Waals surface area contributed by atoms with Gasteiger partial charge in [0.2, 0.25) is 0 Å². The molecule has 0 bridgehead atoms. The molecule has 0 saturated carbocycles. The highest BCUT2D eigenvalue weighted by atomic mass is 16.5. The molecule has 0 saturated heterocycles. The molecule has 0 heterocycles. The van der Waals surface area contributed by atoms with Gasteiger partial charge in [0, 0.05) is 0 Å². The van der Waals surface area contributed by atoms with Crippen LogP contribution in [0.3, 0.4) is 0 Å². The lowest BCUT2D eigenvalue weighted by Gasteiger charge is -2.03. The topological polar surface area (TPSA) is 18.5 Å². The zero-order valence-electron chi connectivity index (χ0n) is 18.8. The molecule has 0 fully saturated rings. The summed E-state index contributed by atoms with van der Waals surface area (Å²) in [6.45, 7) is 5.78. The number of para-hydroxylation sites is 4. The Hall–Kier alpha value is -3.78. The van der Waals surface area contributed by atoms with Crippen molar-refractivity contribution in [3.05, 3.63) is 134 Å². The molecular formula is C30H32O2. The number of hydrogen-bond donors (Lipinski definition) is 0. The van der Waals surface area contributed by atoms with E-state index in [9.17, 15) is 0 Å². The lowest BCUT2D eigenvalue weighted by atomic mass is 10.3. The Labute approximate surface area is 192 Å². The number of rotatable bonds is 7. The Morgan fingerprint density at radius 2 is 0.812 bits per heavy atom. The van der Waals surface area contributed by atoms with Gasteiger partial charge in [-0.1, -0.05) is 98.6 Å². The van der Waals surface area contributed by atoms with E-state index in [4.69, 9.17) is 9.47 Å². The zero-order chi connectivity index (χ0) is 22.7. The Bertz CT molecular complexity index is 801. The summed E-state index contributed by atoms with van der Waals surface area (Å²) in [7, 11) is 0. The van der Waals surface area contributed by atoms with Gasteiger partial charge in [0.15, 0.2) is 0 Å². The first-order valence-electron chi connectivity index (χ1n) is 11.0. The van der Waals surface area contributed by atoms with Crippen molar-refractivity contribution in [3.63, 3.8) is 0 Å². The molecule has 0 radical (unpaired) electrons. The fourth-order valence-corrected chi connectivity index (χ4v) is 2.57. The van der Waals surface area contributed by atoms with Crippen LogP contribution in [0, 0.1) is 0 Å². The second-order valence-corrected chi connectivity index (χ2v) is 6.89. The summed E-state index contributed by atoms with van der Waals surface area (Å²) >= 11 is 0. The molecule has 0 aliphatic heterocycles. The summed E-state index contributed by atoms with van der Waals surface area (Å²) in [5.74, 6) is 3.48. The van der Waals surface area contributed by atoms with Crippen molar-refractivity contribution in [1.82, 2.24) is 0 Å². The number of unbranched alkanes of at least 4 members (excludes halogenated alkanes) is 2. The summed E-state index contributed by atoms with van der Waals surface area (Å²) in [5, 5.41) is 0. The van der Waals surface area contributed by atoms with Crippen molar-refractivity contribution < 1.29 is 9.47 Å². The normalized spacial score (nSPS) is 9.28. The van der Waals surface area contributed by atoms with Crippen LogP contribution in [0.15, 0.2) is 134 Å². The van der Waals surface area contributed by atoms with Crippen molar-refractivity contribution in [3.8, 4) is 23.0 Å². The third-order valence-corrected chi connectivity index (χ3v) is 4.21. The fourth-order valence-electron chi connectivity index (χ4n) is 2.57. The molecule has 32 heavy (non-hydrogen) atoms. The van der Waals surface area contributed by atoms with Gasteiger partial charge in [-0.15, -0.1) is 6.58 Å². The average Bonchev–Trinajstić information content (AvgIpc) is 2.86. The molecule has 0 unspecified atom stereocenters. The highest BCUT2D eigenvalue weighted by Crippen LogP contribution is 2.20. The Kier molecular flexibility index (Phi) is 12.2. The van der Waals surface area contributed by atoms with Crippen molar-refractivity contribution >= 4 is 0 Å². The predicted molar refractivity (Wildman–Crippen MR) is 136 cm³/mol. The van der Waals surface area contributed by atoms with E-state index in [1.807, 2.05) is 127 Å². The third kappa shape index (κ3) is 10.8. The zero-order valence-corrected chi connectivity index (χ0v) is 18.8. The molecule has 4 aromatic rings. The van der Waals surface area contributed by atoms with Gasteiger partial charge in [-0.2, -0.15) is 0 Å². The summed E-state index contributed by atoms with van der Waals surface area (Å²) in [6, 6.07) is 39.0. The quantitative estimate of drug-likeness (QED) is 0.217. The van der Waals surface area contributed by atoms with Crippen molar-refractivity contribution in [1.29, 1.82) is 0 Å². The maximum absolute atomic E-state index is 5.58. The van der Waals surface area contributed by atoms with Crippen LogP contribution in [0.4, 0.5) is 0 Å². The van der Waals surface area contributed by atoms with Crippen LogP contribution in [0.25, 0.3) is 0 Å². The highest BCUT2D eigenvalue weighted by molar-refractivity contribution is 5.31. The molecule has 0 aliphatic rings. The molecule has 0 N–H and O–H groups in total. The molecule has 2 heteroatoms.